The molecule has 0 aliphatic carbocycles. The molecule has 0 atom stereocenters. The maximum absolute atomic E-state index is 10.4. The number of carbonyl (C=O) groups is 1. The van der Waals surface area contributed by atoms with Gasteiger partial charge in [-0.15, -0.1) is 0 Å². The Morgan fingerprint density at radius 3 is 2.72 bits per heavy atom. The number of hydrogen-bond acceptors (Lipinski definition) is 3. The van der Waals surface area contributed by atoms with Crippen LogP contribution in [-0.2, 0) is 4.79 Å². The molecule has 0 spiro atoms. The van der Waals surface area contributed by atoms with E-state index >= 15 is 0 Å². The number of ether oxygens (including phenoxy) is 2. The van der Waals surface area contributed by atoms with Crippen LogP contribution in [0, 0.1) is 0 Å². The highest BCUT2D eigenvalue weighted by Crippen LogP contribution is 2.28. The molecule has 0 aromatic heterocycles. The number of methoxy groups -OCH3 is 1. The van der Waals surface area contributed by atoms with Crippen molar-refractivity contribution >= 4 is 12.0 Å². The fraction of sp³-hybridized carbons (Fsp3) is 0.214. The van der Waals surface area contributed by atoms with E-state index in [1.54, 1.807) is 25.3 Å². The summed E-state index contributed by atoms with van der Waals surface area (Å²) in [5.74, 6) is 0.173. The summed E-state index contributed by atoms with van der Waals surface area (Å²) in [6.07, 6.45) is 2.57. The highest BCUT2D eigenvalue weighted by atomic mass is 16.5. The van der Waals surface area contributed by atoms with Gasteiger partial charge in [0.15, 0.2) is 11.5 Å². The Balaban J connectivity index is 2.93. The van der Waals surface area contributed by atoms with Crippen LogP contribution in [0.4, 0.5) is 0 Å². The summed E-state index contributed by atoms with van der Waals surface area (Å²) in [5.41, 5.74) is 1.62. The molecule has 0 bridgehead atoms. The van der Waals surface area contributed by atoms with Gasteiger partial charge < -0.3 is 14.6 Å². The van der Waals surface area contributed by atoms with Crippen molar-refractivity contribution in [2.24, 2.45) is 0 Å². The fourth-order valence-corrected chi connectivity index (χ4v) is 1.28. The largest absolute Gasteiger partial charge is 0.493 e. The Labute approximate surface area is 106 Å². The number of aliphatic carboxylic acids is 1. The molecule has 0 saturated carbocycles. The molecular weight excluding hydrogens is 232 g/mol. The average molecular weight is 248 g/mol. The fourth-order valence-electron chi connectivity index (χ4n) is 1.28. The molecule has 0 aliphatic heterocycles. The highest BCUT2D eigenvalue weighted by molar-refractivity contribution is 5.85. The minimum Gasteiger partial charge on any atom is -0.493 e. The zero-order valence-electron chi connectivity index (χ0n) is 10.5. The van der Waals surface area contributed by atoms with E-state index in [-0.39, 0.29) is 0 Å². The molecule has 0 unspecified atom stereocenters. The van der Waals surface area contributed by atoms with E-state index in [9.17, 15) is 4.79 Å². The van der Waals surface area contributed by atoms with Crippen molar-refractivity contribution in [3.8, 4) is 11.5 Å². The van der Waals surface area contributed by atoms with Gasteiger partial charge in [-0.1, -0.05) is 12.6 Å². The molecule has 0 saturated heterocycles. The van der Waals surface area contributed by atoms with Crippen LogP contribution in [0.15, 0.2) is 36.4 Å². The summed E-state index contributed by atoms with van der Waals surface area (Å²) >= 11 is 0. The molecule has 0 amide bonds. The van der Waals surface area contributed by atoms with Crippen molar-refractivity contribution in [2.45, 2.75) is 6.92 Å². The minimum atomic E-state index is -0.991. The number of carboxylic acid groups (broad SMARTS) is 1. The quantitative estimate of drug-likeness (QED) is 0.621. The van der Waals surface area contributed by atoms with Gasteiger partial charge in [0.1, 0.15) is 6.61 Å². The third-order valence-electron chi connectivity index (χ3n) is 2.08. The van der Waals surface area contributed by atoms with Gasteiger partial charge in [0.05, 0.1) is 7.11 Å². The van der Waals surface area contributed by atoms with Gasteiger partial charge in [0.25, 0.3) is 0 Å². The molecule has 0 radical (unpaired) electrons. The van der Waals surface area contributed by atoms with E-state index < -0.39 is 5.97 Å². The Bertz CT molecular complexity index is 475. The van der Waals surface area contributed by atoms with Gasteiger partial charge in [0, 0.05) is 6.08 Å². The van der Waals surface area contributed by atoms with E-state index in [0.717, 1.165) is 17.2 Å². The van der Waals surface area contributed by atoms with Crippen molar-refractivity contribution in [3.05, 3.63) is 42.0 Å². The number of hydrogen-bond donors (Lipinski definition) is 1. The van der Waals surface area contributed by atoms with Crippen LogP contribution in [0.5, 0.6) is 11.5 Å². The molecular formula is C14H16O4. The Kier molecular flexibility index (Phi) is 4.99. The molecule has 1 aromatic carbocycles. The standard InChI is InChI=1S/C14H16O4/c1-10(2)9-18-13-8-11(5-7-14(15)16)4-6-12(13)17-3/h4-8H,1,9H2,2-3H3,(H,15,16)/b7-5+. The first-order chi connectivity index (χ1) is 8.52. The van der Waals surface area contributed by atoms with Gasteiger partial charge in [-0.25, -0.2) is 4.79 Å². The van der Waals surface area contributed by atoms with Crippen molar-refractivity contribution < 1.29 is 19.4 Å². The lowest BCUT2D eigenvalue weighted by atomic mass is 10.2. The van der Waals surface area contributed by atoms with Crippen LogP contribution in [0.3, 0.4) is 0 Å². The van der Waals surface area contributed by atoms with E-state index in [4.69, 9.17) is 14.6 Å². The maximum atomic E-state index is 10.4. The summed E-state index contributed by atoms with van der Waals surface area (Å²) < 4.78 is 10.7. The van der Waals surface area contributed by atoms with Crippen molar-refractivity contribution in [1.82, 2.24) is 0 Å². The Morgan fingerprint density at radius 1 is 1.44 bits per heavy atom. The predicted molar refractivity (Wildman–Crippen MR) is 70.0 cm³/mol. The number of benzene rings is 1. The van der Waals surface area contributed by atoms with E-state index in [0.29, 0.717) is 18.1 Å². The van der Waals surface area contributed by atoms with Crippen LogP contribution in [0.2, 0.25) is 0 Å². The van der Waals surface area contributed by atoms with Gasteiger partial charge in [-0.2, -0.15) is 0 Å². The van der Waals surface area contributed by atoms with Gasteiger partial charge in [0.2, 0.25) is 0 Å². The Hall–Kier alpha value is -2.23. The van der Waals surface area contributed by atoms with Gasteiger partial charge >= 0.3 is 5.97 Å². The lowest BCUT2D eigenvalue weighted by Gasteiger charge is -2.11. The Morgan fingerprint density at radius 2 is 2.17 bits per heavy atom. The van der Waals surface area contributed by atoms with Crippen molar-refractivity contribution in [2.75, 3.05) is 13.7 Å². The van der Waals surface area contributed by atoms with Crippen LogP contribution >= 0.6 is 0 Å². The molecule has 96 valence electrons. The zero-order chi connectivity index (χ0) is 13.5. The first-order valence-corrected chi connectivity index (χ1v) is 5.39. The lowest BCUT2D eigenvalue weighted by molar-refractivity contribution is -0.131. The second-order valence-electron chi connectivity index (χ2n) is 3.83. The topological polar surface area (TPSA) is 55.8 Å². The predicted octanol–water partition coefficient (Wildman–Crippen LogP) is 2.75. The third-order valence-corrected chi connectivity index (χ3v) is 2.08. The van der Waals surface area contributed by atoms with Crippen LogP contribution in [0.1, 0.15) is 12.5 Å². The normalized spacial score (nSPS) is 10.3. The lowest BCUT2D eigenvalue weighted by Crippen LogP contribution is -2.00. The summed E-state index contributed by atoms with van der Waals surface area (Å²) in [5, 5.41) is 8.57. The molecule has 1 aromatic rings. The van der Waals surface area contributed by atoms with Gasteiger partial charge in [-0.05, 0) is 36.3 Å². The van der Waals surface area contributed by atoms with Crippen molar-refractivity contribution in [1.29, 1.82) is 0 Å². The van der Waals surface area contributed by atoms with Crippen LogP contribution in [0.25, 0.3) is 6.08 Å². The van der Waals surface area contributed by atoms with Crippen molar-refractivity contribution in [3.63, 3.8) is 0 Å². The summed E-state index contributed by atoms with van der Waals surface area (Å²) in [4.78, 5) is 10.4. The molecule has 0 fully saturated rings. The van der Waals surface area contributed by atoms with E-state index in [2.05, 4.69) is 6.58 Å². The molecule has 1 N–H and O–H groups in total. The molecule has 0 heterocycles. The SMILES string of the molecule is C=C(C)COc1cc(/C=C/C(=O)O)ccc1OC. The van der Waals surface area contributed by atoms with Gasteiger partial charge in [-0.3, -0.25) is 0 Å². The first-order valence-electron chi connectivity index (χ1n) is 5.39. The third kappa shape index (κ3) is 4.33. The van der Waals surface area contributed by atoms with Crippen LogP contribution in [-0.4, -0.2) is 24.8 Å². The first kappa shape index (κ1) is 13.8. The molecule has 4 nitrogen and oxygen atoms in total. The number of rotatable bonds is 6. The second kappa shape index (κ2) is 6.49. The maximum Gasteiger partial charge on any atom is 0.328 e. The monoisotopic (exact) mass is 248 g/mol. The molecule has 4 heteroatoms. The zero-order valence-corrected chi connectivity index (χ0v) is 10.5. The molecule has 1 rings (SSSR count). The summed E-state index contributed by atoms with van der Waals surface area (Å²) in [7, 11) is 1.55. The summed E-state index contributed by atoms with van der Waals surface area (Å²) in [6.45, 7) is 6.00. The minimum absolute atomic E-state index is 0.391. The smallest absolute Gasteiger partial charge is 0.328 e. The van der Waals surface area contributed by atoms with E-state index in [1.165, 1.54) is 6.08 Å². The highest BCUT2D eigenvalue weighted by Gasteiger charge is 2.05. The molecule has 0 aliphatic rings. The van der Waals surface area contributed by atoms with E-state index in [1.807, 2.05) is 6.92 Å². The number of carboxylic acids is 1. The average Bonchev–Trinajstić information content (AvgIpc) is 2.33. The molecule has 18 heavy (non-hydrogen) atoms. The van der Waals surface area contributed by atoms with Crippen LogP contribution < -0.4 is 9.47 Å². The second-order valence-corrected chi connectivity index (χ2v) is 3.83. The summed E-state index contributed by atoms with van der Waals surface area (Å²) in [6, 6.07) is 5.21.